The Labute approximate surface area is 163 Å². The van der Waals surface area contributed by atoms with E-state index in [1.54, 1.807) is 0 Å². The highest BCUT2D eigenvalue weighted by Gasteiger charge is 2.23. The Morgan fingerprint density at radius 1 is 0.714 bits per heavy atom. The van der Waals surface area contributed by atoms with Crippen LogP contribution < -0.4 is 0 Å². The van der Waals surface area contributed by atoms with E-state index in [9.17, 15) is 5.26 Å². The number of rotatable bonds is 3. The van der Waals surface area contributed by atoms with Crippen LogP contribution in [-0.2, 0) is 0 Å². The Morgan fingerprint density at radius 2 is 1.43 bits per heavy atom. The van der Waals surface area contributed by atoms with Crippen LogP contribution in [0.25, 0.3) is 32.9 Å². The quantitative estimate of drug-likeness (QED) is 0.385. The van der Waals surface area contributed by atoms with Crippen LogP contribution in [-0.4, -0.2) is 4.98 Å². The van der Waals surface area contributed by atoms with Crippen molar-refractivity contribution in [3.05, 3.63) is 108 Å². The molecule has 132 valence electrons. The van der Waals surface area contributed by atoms with E-state index in [1.807, 2.05) is 42.5 Å². The summed E-state index contributed by atoms with van der Waals surface area (Å²) in [6.07, 6.45) is 0. The molecule has 0 aliphatic rings. The van der Waals surface area contributed by atoms with Crippen LogP contribution >= 0.6 is 0 Å². The summed E-state index contributed by atoms with van der Waals surface area (Å²) in [5.41, 5.74) is 5.22. The van der Waals surface area contributed by atoms with Gasteiger partial charge < -0.3 is 4.98 Å². The van der Waals surface area contributed by atoms with Crippen LogP contribution in [0.3, 0.4) is 0 Å². The van der Waals surface area contributed by atoms with Crippen LogP contribution in [0, 0.1) is 11.3 Å². The van der Waals surface area contributed by atoms with Crippen molar-refractivity contribution in [1.82, 2.24) is 4.98 Å². The van der Waals surface area contributed by atoms with Gasteiger partial charge in [-0.2, -0.15) is 5.26 Å². The van der Waals surface area contributed by atoms with Crippen LogP contribution in [0.15, 0.2) is 97.1 Å². The van der Waals surface area contributed by atoms with Crippen molar-refractivity contribution in [3.63, 3.8) is 0 Å². The molecule has 28 heavy (non-hydrogen) atoms. The van der Waals surface area contributed by atoms with Crippen molar-refractivity contribution in [2.24, 2.45) is 0 Å². The third-order valence-electron chi connectivity index (χ3n) is 5.34. The third-order valence-corrected chi connectivity index (χ3v) is 5.34. The number of aromatic amines is 1. The summed E-state index contributed by atoms with van der Waals surface area (Å²) < 4.78 is 0. The smallest absolute Gasteiger partial charge is 0.0989 e. The van der Waals surface area contributed by atoms with Gasteiger partial charge in [0.05, 0.1) is 17.7 Å². The van der Waals surface area contributed by atoms with Crippen molar-refractivity contribution >= 4 is 21.7 Å². The molecule has 0 amide bonds. The standard InChI is InChI=1S/C26H18N2/c27-17-23(19-9-2-1-3-10-19)25-22-12-6-7-13-24(22)28-26(25)21-15-14-18-8-4-5-11-20(18)16-21/h1-16,23,28H. The molecule has 2 nitrogen and oxygen atoms in total. The lowest BCUT2D eigenvalue weighted by atomic mass is 9.88. The SMILES string of the molecule is N#CC(c1ccccc1)c1c(-c2ccc3ccccc3c2)[nH]c2ccccc12. The summed E-state index contributed by atoms with van der Waals surface area (Å²) in [6.45, 7) is 0. The maximum absolute atomic E-state index is 10.1. The number of hydrogen-bond acceptors (Lipinski definition) is 1. The second kappa shape index (κ2) is 6.72. The molecule has 1 unspecified atom stereocenters. The Balaban J connectivity index is 1.79. The predicted octanol–water partition coefficient (Wildman–Crippen LogP) is 6.64. The van der Waals surface area contributed by atoms with Gasteiger partial charge in [-0.05, 0) is 34.0 Å². The zero-order valence-corrected chi connectivity index (χ0v) is 15.3. The van der Waals surface area contributed by atoms with Crippen LogP contribution in [0.5, 0.6) is 0 Å². The van der Waals surface area contributed by atoms with Crippen molar-refractivity contribution in [1.29, 1.82) is 5.26 Å². The molecule has 4 aromatic carbocycles. The highest BCUT2D eigenvalue weighted by atomic mass is 14.7. The van der Waals surface area contributed by atoms with Gasteiger partial charge in [-0.1, -0.05) is 84.9 Å². The lowest BCUT2D eigenvalue weighted by Crippen LogP contribution is -1.99. The van der Waals surface area contributed by atoms with Gasteiger partial charge >= 0.3 is 0 Å². The van der Waals surface area contributed by atoms with Gasteiger partial charge in [-0.25, -0.2) is 0 Å². The zero-order chi connectivity index (χ0) is 18.9. The molecule has 1 atom stereocenters. The number of benzene rings is 4. The van der Waals surface area contributed by atoms with E-state index in [0.29, 0.717) is 0 Å². The first-order valence-corrected chi connectivity index (χ1v) is 9.39. The van der Waals surface area contributed by atoms with Gasteiger partial charge in [0.15, 0.2) is 0 Å². The van der Waals surface area contributed by atoms with E-state index in [2.05, 4.69) is 65.7 Å². The highest BCUT2D eigenvalue weighted by Crippen LogP contribution is 2.39. The first kappa shape index (κ1) is 16.4. The molecule has 0 spiro atoms. The summed E-state index contributed by atoms with van der Waals surface area (Å²) >= 11 is 0. The van der Waals surface area contributed by atoms with Crippen molar-refractivity contribution in [2.45, 2.75) is 5.92 Å². The average Bonchev–Trinajstić information content (AvgIpc) is 3.14. The molecule has 0 radical (unpaired) electrons. The topological polar surface area (TPSA) is 39.6 Å². The van der Waals surface area contributed by atoms with Gasteiger partial charge in [-0.3, -0.25) is 0 Å². The lowest BCUT2D eigenvalue weighted by Gasteiger charge is -2.13. The van der Waals surface area contributed by atoms with Crippen LogP contribution in [0.2, 0.25) is 0 Å². The maximum atomic E-state index is 10.1. The van der Waals surface area contributed by atoms with Crippen molar-refractivity contribution in [2.75, 3.05) is 0 Å². The average molecular weight is 358 g/mol. The van der Waals surface area contributed by atoms with E-state index in [-0.39, 0.29) is 5.92 Å². The van der Waals surface area contributed by atoms with E-state index >= 15 is 0 Å². The largest absolute Gasteiger partial charge is 0.354 e. The molecule has 0 saturated carbocycles. The van der Waals surface area contributed by atoms with Gasteiger partial charge in [0.2, 0.25) is 0 Å². The van der Waals surface area contributed by atoms with Gasteiger partial charge in [0.1, 0.15) is 0 Å². The molecule has 1 aromatic heterocycles. The summed E-state index contributed by atoms with van der Waals surface area (Å²) in [7, 11) is 0. The predicted molar refractivity (Wildman–Crippen MR) is 115 cm³/mol. The molecule has 5 rings (SSSR count). The molecule has 0 fully saturated rings. The minimum absolute atomic E-state index is 0.334. The molecule has 0 aliphatic heterocycles. The van der Waals surface area contributed by atoms with Crippen molar-refractivity contribution < 1.29 is 0 Å². The first-order valence-electron chi connectivity index (χ1n) is 9.39. The number of nitrogens with one attached hydrogen (secondary N) is 1. The summed E-state index contributed by atoms with van der Waals surface area (Å²) in [4.78, 5) is 3.58. The first-order chi connectivity index (χ1) is 13.8. The Morgan fingerprint density at radius 3 is 2.25 bits per heavy atom. The molecular formula is C26H18N2. The number of nitriles is 1. The number of aromatic nitrogens is 1. The van der Waals surface area contributed by atoms with E-state index < -0.39 is 0 Å². The number of nitrogens with zero attached hydrogens (tertiary/aromatic N) is 1. The number of para-hydroxylation sites is 1. The molecule has 1 N–H and O–H groups in total. The van der Waals surface area contributed by atoms with Gasteiger partial charge in [0.25, 0.3) is 0 Å². The van der Waals surface area contributed by atoms with Crippen molar-refractivity contribution in [3.8, 4) is 17.3 Å². The monoisotopic (exact) mass is 358 g/mol. The van der Waals surface area contributed by atoms with E-state index in [0.717, 1.165) is 33.3 Å². The minimum atomic E-state index is -0.334. The maximum Gasteiger partial charge on any atom is 0.0989 e. The highest BCUT2D eigenvalue weighted by molar-refractivity contribution is 5.95. The molecule has 0 saturated heterocycles. The second-order valence-corrected chi connectivity index (χ2v) is 6.99. The molecule has 1 heterocycles. The molecule has 5 aromatic rings. The summed E-state index contributed by atoms with van der Waals surface area (Å²) in [6, 6.07) is 35.6. The Bertz CT molecular complexity index is 1320. The molecular weight excluding hydrogens is 340 g/mol. The molecule has 0 bridgehead atoms. The third kappa shape index (κ3) is 2.66. The van der Waals surface area contributed by atoms with Gasteiger partial charge in [-0.15, -0.1) is 0 Å². The Hall–Kier alpha value is -3.83. The molecule has 2 heteroatoms. The van der Waals surface area contributed by atoms with Crippen LogP contribution in [0.1, 0.15) is 17.0 Å². The lowest BCUT2D eigenvalue weighted by molar-refractivity contribution is 1.05. The normalized spacial score (nSPS) is 12.1. The van der Waals surface area contributed by atoms with Crippen LogP contribution in [0.4, 0.5) is 0 Å². The fraction of sp³-hybridized carbons (Fsp3) is 0.0385. The summed E-state index contributed by atoms with van der Waals surface area (Å²) in [5.74, 6) is -0.334. The second-order valence-electron chi connectivity index (χ2n) is 6.99. The van der Waals surface area contributed by atoms with E-state index in [4.69, 9.17) is 0 Å². The fourth-order valence-corrected chi connectivity index (χ4v) is 3.99. The number of hydrogen-bond donors (Lipinski definition) is 1. The number of fused-ring (bicyclic) bond motifs is 2. The zero-order valence-electron chi connectivity index (χ0n) is 15.3. The van der Waals surface area contributed by atoms with Gasteiger partial charge in [0, 0.05) is 16.5 Å². The van der Waals surface area contributed by atoms with E-state index in [1.165, 1.54) is 10.8 Å². The fourth-order valence-electron chi connectivity index (χ4n) is 3.99. The number of H-pyrrole nitrogens is 1. The molecule has 0 aliphatic carbocycles. The minimum Gasteiger partial charge on any atom is -0.354 e. The Kier molecular flexibility index (Phi) is 3.92. The summed E-state index contributed by atoms with van der Waals surface area (Å²) in [5, 5.41) is 13.6.